The number of para-hydroxylation sites is 2. The molecule has 130 valence electrons. The predicted octanol–water partition coefficient (Wildman–Crippen LogP) is 4.47. The number of imidazole rings is 1. The number of hydrogen-bond acceptors (Lipinski definition) is 4. The van der Waals surface area contributed by atoms with Gasteiger partial charge in [-0.05, 0) is 30.2 Å². The quantitative estimate of drug-likeness (QED) is 0.510. The second kappa shape index (κ2) is 7.89. The average Bonchev–Trinajstić information content (AvgIpc) is 2.92. The molecule has 0 radical (unpaired) electrons. The van der Waals surface area contributed by atoms with Gasteiger partial charge >= 0.3 is 0 Å². The summed E-state index contributed by atoms with van der Waals surface area (Å²) < 4.78 is 2.18. The van der Waals surface area contributed by atoms with Crippen molar-refractivity contribution < 1.29 is 4.79 Å². The van der Waals surface area contributed by atoms with Crippen molar-refractivity contribution in [2.24, 2.45) is 5.92 Å². The van der Waals surface area contributed by atoms with Crippen LogP contribution < -0.4 is 5.32 Å². The molecule has 2 aromatic heterocycles. The molecule has 0 atom stereocenters. The smallest absolute Gasteiger partial charge is 0.234 e. The van der Waals surface area contributed by atoms with Crippen molar-refractivity contribution in [1.82, 2.24) is 14.5 Å². The van der Waals surface area contributed by atoms with Crippen LogP contribution in [0.3, 0.4) is 0 Å². The number of halogens is 1. The van der Waals surface area contributed by atoms with Crippen LogP contribution in [0.5, 0.6) is 0 Å². The molecule has 7 heteroatoms. The predicted molar refractivity (Wildman–Crippen MR) is 103 cm³/mol. The summed E-state index contributed by atoms with van der Waals surface area (Å²) in [6.07, 6.45) is 1.58. The Balaban J connectivity index is 1.74. The second-order valence-electron chi connectivity index (χ2n) is 6.07. The Hall–Kier alpha value is -2.05. The summed E-state index contributed by atoms with van der Waals surface area (Å²) in [5.41, 5.74) is 2.56. The number of amides is 1. The van der Waals surface area contributed by atoms with Crippen LogP contribution in [0.25, 0.3) is 11.0 Å². The molecule has 2 heterocycles. The van der Waals surface area contributed by atoms with Gasteiger partial charge in [0.2, 0.25) is 5.91 Å². The highest BCUT2D eigenvalue weighted by Crippen LogP contribution is 2.26. The van der Waals surface area contributed by atoms with E-state index in [-0.39, 0.29) is 16.8 Å². The minimum absolute atomic E-state index is 0.136. The maximum Gasteiger partial charge on any atom is 0.234 e. The van der Waals surface area contributed by atoms with Crippen molar-refractivity contribution in [3.63, 3.8) is 0 Å². The largest absolute Gasteiger partial charge is 0.323 e. The third kappa shape index (κ3) is 4.32. The number of thioether (sulfide) groups is 1. The summed E-state index contributed by atoms with van der Waals surface area (Å²) in [5.74, 6) is 0.607. The second-order valence-corrected chi connectivity index (χ2v) is 7.37. The number of nitrogens with one attached hydrogen (secondary N) is 1. The first kappa shape index (κ1) is 17.8. The van der Waals surface area contributed by atoms with Gasteiger partial charge in [-0.15, -0.1) is 0 Å². The maximum absolute atomic E-state index is 12.2. The number of benzene rings is 1. The van der Waals surface area contributed by atoms with Crippen LogP contribution in [0.15, 0.2) is 47.8 Å². The first-order valence-corrected chi connectivity index (χ1v) is 9.39. The molecule has 0 saturated carbocycles. The molecule has 0 aliphatic heterocycles. The lowest BCUT2D eigenvalue weighted by molar-refractivity contribution is -0.113. The summed E-state index contributed by atoms with van der Waals surface area (Å²) >= 11 is 7.40. The van der Waals surface area contributed by atoms with Gasteiger partial charge in [0.1, 0.15) is 0 Å². The maximum atomic E-state index is 12.2. The summed E-state index contributed by atoms with van der Waals surface area (Å²) in [6.45, 7) is 5.19. The zero-order valence-electron chi connectivity index (χ0n) is 14.1. The Bertz CT molecular complexity index is 894. The summed E-state index contributed by atoms with van der Waals surface area (Å²) in [5, 5.41) is 3.92. The Morgan fingerprint density at radius 1 is 1.28 bits per heavy atom. The lowest BCUT2D eigenvalue weighted by atomic mass is 10.2. The van der Waals surface area contributed by atoms with E-state index >= 15 is 0 Å². The van der Waals surface area contributed by atoms with Crippen LogP contribution >= 0.6 is 23.4 Å². The van der Waals surface area contributed by atoms with Crippen LogP contribution in [0.4, 0.5) is 5.69 Å². The van der Waals surface area contributed by atoms with Gasteiger partial charge in [0.25, 0.3) is 0 Å². The molecule has 1 aromatic carbocycles. The number of rotatable bonds is 6. The van der Waals surface area contributed by atoms with E-state index in [1.165, 1.54) is 11.8 Å². The molecule has 0 fully saturated rings. The fourth-order valence-corrected chi connectivity index (χ4v) is 3.49. The van der Waals surface area contributed by atoms with Crippen LogP contribution in [-0.2, 0) is 11.3 Å². The number of fused-ring (bicyclic) bond motifs is 1. The van der Waals surface area contributed by atoms with Crippen molar-refractivity contribution in [3.05, 3.63) is 47.7 Å². The third-order valence-electron chi connectivity index (χ3n) is 3.53. The molecule has 0 saturated heterocycles. The lowest BCUT2D eigenvalue weighted by Crippen LogP contribution is -2.15. The number of carbonyl (C=O) groups excluding carboxylic acids is 1. The molecule has 0 bridgehead atoms. The number of hydrogen-bond donors (Lipinski definition) is 1. The van der Waals surface area contributed by atoms with Crippen molar-refractivity contribution in [2.45, 2.75) is 25.5 Å². The van der Waals surface area contributed by atoms with Crippen LogP contribution in [0.2, 0.25) is 5.15 Å². The van der Waals surface area contributed by atoms with Gasteiger partial charge in [0.05, 0.1) is 22.5 Å². The van der Waals surface area contributed by atoms with Crippen molar-refractivity contribution >= 4 is 46.0 Å². The SMILES string of the molecule is CC(C)Cn1c(SCC(=O)Nc2cccnc2Cl)nc2ccccc21. The number of anilines is 1. The molecule has 0 aliphatic carbocycles. The van der Waals surface area contributed by atoms with Gasteiger partial charge in [-0.3, -0.25) is 4.79 Å². The average molecular weight is 375 g/mol. The van der Waals surface area contributed by atoms with E-state index in [1.807, 2.05) is 18.2 Å². The van der Waals surface area contributed by atoms with Crippen molar-refractivity contribution in [2.75, 3.05) is 11.1 Å². The van der Waals surface area contributed by atoms with Crippen LogP contribution in [-0.4, -0.2) is 26.2 Å². The molecule has 0 unspecified atom stereocenters. The Labute approximate surface area is 155 Å². The van der Waals surface area contributed by atoms with Crippen molar-refractivity contribution in [3.8, 4) is 0 Å². The third-order valence-corrected chi connectivity index (χ3v) is 4.81. The van der Waals surface area contributed by atoms with Gasteiger partial charge in [-0.1, -0.05) is 49.3 Å². The van der Waals surface area contributed by atoms with Gasteiger partial charge in [-0.25, -0.2) is 9.97 Å². The van der Waals surface area contributed by atoms with Gasteiger partial charge in [0.15, 0.2) is 10.3 Å². The van der Waals surface area contributed by atoms with E-state index < -0.39 is 0 Å². The molecule has 5 nitrogen and oxygen atoms in total. The number of nitrogens with zero attached hydrogens (tertiary/aromatic N) is 3. The summed E-state index contributed by atoms with van der Waals surface area (Å²) in [7, 11) is 0. The molecule has 0 aliphatic rings. The zero-order valence-corrected chi connectivity index (χ0v) is 15.6. The van der Waals surface area contributed by atoms with E-state index in [4.69, 9.17) is 11.6 Å². The first-order valence-electron chi connectivity index (χ1n) is 8.03. The number of carbonyl (C=O) groups is 1. The molecule has 3 aromatic rings. The van der Waals surface area contributed by atoms with Gasteiger partial charge < -0.3 is 9.88 Å². The molecule has 1 amide bonds. The molecular weight excluding hydrogens is 356 g/mol. The standard InChI is InChI=1S/C18H19ClN4OS/c1-12(2)10-23-15-8-4-3-6-13(15)22-18(23)25-11-16(24)21-14-7-5-9-20-17(14)19/h3-9,12H,10-11H2,1-2H3,(H,21,24). The Morgan fingerprint density at radius 3 is 2.84 bits per heavy atom. The number of pyridine rings is 1. The summed E-state index contributed by atoms with van der Waals surface area (Å²) in [6, 6.07) is 11.5. The highest BCUT2D eigenvalue weighted by molar-refractivity contribution is 7.99. The normalized spacial score (nSPS) is 11.2. The van der Waals surface area contributed by atoms with E-state index in [9.17, 15) is 4.79 Å². The molecule has 25 heavy (non-hydrogen) atoms. The topological polar surface area (TPSA) is 59.8 Å². The molecule has 3 rings (SSSR count). The zero-order chi connectivity index (χ0) is 17.8. The first-order chi connectivity index (χ1) is 12.0. The molecule has 1 N–H and O–H groups in total. The van der Waals surface area contributed by atoms with E-state index in [2.05, 4.69) is 39.8 Å². The minimum Gasteiger partial charge on any atom is -0.323 e. The highest BCUT2D eigenvalue weighted by atomic mass is 35.5. The monoisotopic (exact) mass is 374 g/mol. The minimum atomic E-state index is -0.136. The van der Waals surface area contributed by atoms with Gasteiger partial charge in [-0.2, -0.15) is 0 Å². The van der Waals surface area contributed by atoms with Crippen LogP contribution in [0, 0.1) is 5.92 Å². The molecule has 0 spiro atoms. The van der Waals surface area contributed by atoms with Crippen LogP contribution in [0.1, 0.15) is 13.8 Å². The Kier molecular flexibility index (Phi) is 5.60. The lowest BCUT2D eigenvalue weighted by Gasteiger charge is -2.11. The highest BCUT2D eigenvalue weighted by Gasteiger charge is 2.14. The van der Waals surface area contributed by atoms with E-state index in [0.29, 0.717) is 11.6 Å². The van der Waals surface area contributed by atoms with Gasteiger partial charge in [0, 0.05) is 12.7 Å². The number of aromatic nitrogens is 3. The summed E-state index contributed by atoms with van der Waals surface area (Å²) in [4.78, 5) is 20.9. The fraction of sp³-hybridized carbons (Fsp3) is 0.278. The van der Waals surface area contributed by atoms with E-state index in [1.54, 1.807) is 18.3 Å². The molecular formula is C18H19ClN4OS. The van der Waals surface area contributed by atoms with E-state index in [0.717, 1.165) is 22.7 Å². The van der Waals surface area contributed by atoms with Crippen molar-refractivity contribution in [1.29, 1.82) is 0 Å². The fourth-order valence-electron chi connectivity index (χ4n) is 2.50. The Morgan fingerprint density at radius 2 is 2.08 bits per heavy atom.